The highest BCUT2D eigenvalue weighted by Crippen LogP contribution is 2.70. The highest BCUT2D eigenvalue weighted by Gasteiger charge is 2.67. The van der Waals surface area contributed by atoms with Gasteiger partial charge in [0.05, 0.1) is 31.0 Å². The number of aromatic nitrogens is 1. The molecule has 60 heavy (non-hydrogen) atoms. The fraction of sp³-hybridized carbons (Fsp3) is 0.512. The van der Waals surface area contributed by atoms with Crippen LogP contribution in [0.1, 0.15) is 73.1 Å². The standard InChI is InChI=1S/C43H55N4O12P/c1-8-28-23-43(28,60(52,53)56-25-55-41(51)57-26(2)3)46-38(48)35-21-31(24-47(35)39(49)37(42(4,5)6)45-40(50)59-29-16-12-13-17-29)58-36-22-33(27-14-10-9-11-15-27)44-34-20-30(54-7)18-19-32(34)36/h8-11,14-15,18-20,22,26,28-29,31,35,37H,1,12-13,16-17,21,23-25H2,2-7H3,(H,45,50)(H,46,48)(H,52,53)/t28-,31-,35+,37-,43+/m1/s1. The summed E-state index contributed by atoms with van der Waals surface area (Å²) in [5, 5.41) is 4.33. The molecule has 17 heteroatoms. The van der Waals surface area contributed by atoms with E-state index < -0.39 is 79.4 Å². The van der Waals surface area contributed by atoms with Crippen LogP contribution in [0.15, 0.2) is 67.3 Å². The van der Waals surface area contributed by atoms with Crippen LogP contribution in [0, 0.1) is 11.3 Å². The first kappa shape index (κ1) is 44.4. The molecule has 0 radical (unpaired) electrons. The fourth-order valence-electron chi connectivity index (χ4n) is 7.71. The fourth-order valence-corrected chi connectivity index (χ4v) is 9.34. The normalized spacial score (nSPS) is 23.0. The Bertz CT molecular complexity index is 2120. The van der Waals surface area contributed by atoms with Crippen LogP contribution in [0.3, 0.4) is 0 Å². The Morgan fingerprint density at radius 1 is 1.07 bits per heavy atom. The molecule has 3 N–H and O–H groups in total. The highest BCUT2D eigenvalue weighted by molar-refractivity contribution is 7.55. The highest BCUT2D eigenvalue weighted by atomic mass is 31.2. The lowest BCUT2D eigenvalue weighted by atomic mass is 9.85. The molecule has 1 aliphatic heterocycles. The number of ether oxygens (including phenoxy) is 5. The van der Waals surface area contributed by atoms with Crippen LogP contribution in [-0.2, 0) is 32.9 Å². The van der Waals surface area contributed by atoms with E-state index in [0.29, 0.717) is 28.1 Å². The minimum atomic E-state index is -4.76. The Kier molecular flexibility index (Phi) is 13.5. The van der Waals surface area contributed by atoms with Gasteiger partial charge in [-0.25, -0.2) is 14.6 Å². The lowest BCUT2D eigenvalue weighted by Gasteiger charge is -2.35. The minimum absolute atomic E-state index is 0.0129. The number of amides is 3. The van der Waals surface area contributed by atoms with E-state index in [1.165, 1.54) is 11.0 Å². The lowest BCUT2D eigenvalue weighted by Crippen LogP contribution is -2.58. The number of carbonyl (C=O) groups excluding carboxylic acids is 4. The summed E-state index contributed by atoms with van der Waals surface area (Å²) in [6, 6.07) is 14.4. The van der Waals surface area contributed by atoms with Gasteiger partial charge in [-0.05, 0) is 63.5 Å². The second kappa shape index (κ2) is 18.2. The smallest absolute Gasteiger partial charge is 0.497 e. The van der Waals surface area contributed by atoms with E-state index in [0.717, 1.165) is 31.2 Å². The van der Waals surface area contributed by atoms with Gasteiger partial charge < -0.3 is 44.1 Å². The number of carbonyl (C=O) groups is 4. The number of nitrogens with zero attached hydrogens (tertiary/aromatic N) is 2. The number of alkyl carbamates (subject to hydrolysis) is 1. The molecule has 2 aliphatic carbocycles. The third-order valence-electron chi connectivity index (χ3n) is 11.0. The molecule has 3 amide bonds. The first-order chi connectivity index (χ1) is 28.4. The van der Waals surface area contributed by atoms with Crippen LogP contribution in [0.25, 0.3) is 22.2 Å². The molecule has 0 bridgehead atoms. The minimum Gasteiger partial charge on any atom is -0.497 e. The predicted octanol–water partition coefficient (Wildman–Crippen LogP) is 7.08. The molecule has 2 saturated carbocycles. The number of methoxy groups -OCH3 is 1. The number of benzene rings is 2. The summed E-state index contributed by atoms with van der Waals surface area (Å²) in [5.74, 6) is -0.986. The van der Waals surface area contributed by atoms with Gasteiger partial charge in [-0.15, -0.1) is 6.58 Å². The van der Waals surface area contributed by atoms with Crippen LogP contribution in [-0.4, -0.2) is 95.0 Å². The maximum atomic E-state index is 14.8. The quantitative estimate of drug-likeness (QED) is 0.0607. The molecule has 1 aromatic heterocycles. The second-order valence-electron chi connectivity index (χ2n) is 16.8. The van der Waals surface area contributed by atoms with Crippen molar-refractivity contribution in [2.45, 2.75) is 109 Å². The largest absolute Gasteiger partial charge is 0.510 e. The predicted molar refractivity (Wildman–Crippen MR) is 221 cm³/mol. The summed E-state index contributed by atoms with van der Waals surface area (Å²) in [4.78, 5) is 71.9. The molecule has 16 nitrogen and oxygen atoms in total. The van der Waals surface area contributed by atoms with E-state index in [9.17, 15) is 28.6 Å². The third-order valence-corrected chi connectivity index (χ3v) is 13.1. The molecule has 6 rings (SSSR count). The van der Waals surface area contributed by atoms with Crippen molar-refractivity contribution >= 4 is 42.6 Å². The van der Waals surface area contributed by atoms with Crippen molar-refractivity contribution in [3.05, 3.63) is 67.3 Å². The summed E-state index contributed by atoms with van der Waals surface area (Å²) in [7, 11) is -3.20. The first-order valence-electron chi connectivity index (χ1n) is 20.2. The van der Waals surface area contributed by atoms with Gasteiger partial charge in [0.15, 0.2) is 0 Å². The molecule has 324 valence electrons. The van der Waals surface area contributed by atoms with Crippen LogP contribution >= 0.6 is 7.60 Å². The van der Waals surface area contributed by atoms with Crippen LogP contribution in [0.4, 0.5) is 9.59 Å². The lowest BCUT2D eigenvalue weighted by molar-refractivity contribution is -0.142. The molecule has 3 aliphatic rings. The molecule has 1 saturated heterocycles. The first-order valence-corrected chi connectivity index (χ1v) is 21.8. The number of likely N-dealkylation sites (tertiary alicyclic amines) is 1. The van der Waals surface area contributed by atoms with E-state index in [1.807, 2.05) is 36.4 Å². The van der Waals surface area contributed by atoms with E-state index >= 15 is 0 Å². The molecular formula is C43H55N4O12P. The number of nitrogens with one attached hydrogen (secondary N) is 2. The number of pyridine rings is 1. The van der Waals surface area contributed by atoms with Gasteiger partial charge in [-0.1, -0.05) is 57.2 Å². The van der Waals surface area contributed by atoms with E-state index in [2.05, 4.69) is 17.2 Å². The molecule has 2 aromatic carbocycles. The average Bonchev–Trinajstić information content (AvgIpc) is 3.45. The zero-order valence-electron chi connectivity index (χ0n) is 34.9. The van der Waals surface area contributed by atoms with Gasteiger partial charge in [0.25, 0.3) is 0 Å². The van der Waals surface area contributed by atoms with Gasteiger partial charge in [0, 0.05) is 35.4 Å². The van der Waals surface area contributed by atoms with Crippen LogP contribution in [0.2, 0.25) is 0 Å². The summed E-state index contributed by atoms with van der Waals surface area (Å²) < 4.78 is 46.6. The SMILES string of the molecule is C=C[C@@H]1C[C@]1(NC(=O)[C@@H]1C[C@@H](Oc2cc(-c3ccccc3)nc3cc(OC)ccc23)CN1C(=O)[C@@H](NC(=O)OC1CCCC1)C(C)(C)C)P(=O)(O)OCOC(=O)OC(C)C. The molecule has 6 atom stereocenters. The van der Waals surface area contributed by atoms with Crippen LogP contribution in [0.5, 0.6) is 11.5 Å². The number of rotatable bonds is 15. The summed E-state index contributed by atoms with van der Waals surface area (Å²) in [6.07, 6.45) is 1.37. The average molecular weight is 851 g/mol. The summed E-state index contributed by atoms with van der Waals surface area (Å²) >= 11 is 0. The zero-order valence-corrected chi connectivity index (χ0v) is 35.8. The van der Waals surface area contributed by atoms with Crippen molar-refractivity contribution in [1.29, 1.82) is 0 Å². The molecule has 1 unspecified atom stereocenters. The van der Waals surface area contributed by atoms with Crippen molar-refractivity contribution in [1.82, 2.24) is 20.5 Å². The molecule has 2 heterocycles. The molecule has 3 aromatic rings. The van der Waals surface area contributed by atoms with Crippen molar-refractivity contribution in [3.63, 3.8) is 0 Å². The van der Waals surface area contributed by atoms with E-state index in [4.69, 9.17) is 33.2 Å². The van der Waals surface area contributed by atoms with Crippen molar-refractivity contribution in [2.24, 2.45) is 11.3 Å². The molecular weight excluding hydrogens is 795 g/mol. The van der Waals surface area contributed by atoms with Gasteiger partial charge in [0.1, 0.15) is 41.1 Å². The van der Waals surface area contributed by atoms with Crippen LogP contribution < -0.4 is 20.1 Å². The zero-order chi connectivity index (χ0) is 43.4. The monoisotopic (exact) mass is 850 g/mol. The second-order valence-corrected chi connectivity index (χ2v) is 18.9. The number of hydrogen-bond donors (Lipinski definition) is 3. The van der Waals surface area contributed by atoms with Gasteiger partial charge >= 0.3 is 19.8 Å². The van der Waals surface area contributed by atoms with Gasteiger partial charge in [-0.2, -0.15) is 0 Å². The molecule has 3 fully saturated rings. The summed E-state index contributed by atoms with van der Waals surface area (Å²) in [5.41, 5.74) is 1.21. The Morgan fingerprint density at radius 3 is 2.42 bits per heavy atom. The maximum Gasteiger partial charge on any atom is 0.510 e. The van der Waals surface area contributed by atoms with Gasteiger partial charge in [0.2, 0.25) is 18.6 Å². The van der Waals surface area contributed by atoms with Crippen molar-refractivity contribution in [2.75, 3.05) is 20.4 Å². The Morgan fingerprint density at radius 2 is 1.78 bits per heavy atom. The maximum absolute atomic E-state index is 14.8. The van der Waals surface area contributed by atoms with E-state index in [-0.39, 0.29) is 25.5 Å². The summed E-state index contributed by atoms with van der Waals surface area (Å²) in [6.45, 7) is 11.3. The van der Waals surface area contributed by atoms with Crippen molar-refractivity contribution < 1.29 is 56.8 Å². The third kappa shape index (κ3) is 10.0. The van der Waals surface area contributed by atoms with Gasteiger partial charge in [-0.3, -0.25) is 18.7 Å². The Labute approximate surface area is 349 Å². The number of hydrogen-bond acceptors (Lipinski definition) is 12. The Hall–Kier alpha value is -5.18. The molecule has 0 spiro atoms. The number of fused-ring (bicyclic) bond motifs is 1. The Balaban J connectivity index is 1.31. The van der Waals surface area contributed by atoms with Crippen molar-refractivity contribution in [3.8, 4) is 22.8 Å². The van der Waals surface area contributed by atoms with E-state index in [1.54, 1.807) is 59.9 Å². The topological polar surface area (TPSA) is 201 Å².